The standard InChI is InChI=1S/C6H12N2O/c1-8-5(6(7)9)4-2-3-4/h4-5,8H,2-3H2,1H3,(H2,7,9). The van der Waals surface area contributed by atoms with E-state index < -0.39 is 0 Å². The second-order valence-corrected chi connectivity index (χ2v) is 2.51. The van der Waals surface area contributed by atoms with Gasteiger partial charge in [0.05, 0.1) is 6.04 Å². The van der Waals surface area contributed by atoms with Gasteiger partial charge in [0.1, 0.15) is 0 Å². The van der Waals surface area contributed by atoms with E-state index in [2.05, 4.69) is 5.32 Å². The Morgan fingerprint density at radius 3 is 2.44 bits per heavy atom. The monoisotopic (exact) mass is 128 g/mol. The lowest BCUT2D eigenvalue weighted by molar-refractivity contribution is -0.120. The number of likely N-dealkylation sites (N-methyl/N-ethyl adjacent to an activating group) is 1. The van der Waals surface area contributed by atoms with Crippen LogP contribution in [0.25, 0.3) is 0 Å². The number of primary amides is 1. The molecule has 3 N–H and O–H groups in total. The first-order valence-corrected chi connectivity index (χ1v) is 3.22. The van der Waals surface area contributed by atoms with E-state index in [9.17, 15) is 4.79 Å². The Hall–Kier alpha value is -0.570. The molecule has 0 radical (unpaired) electrons. The van der Waals surface area contributed by atoms with E-state index >= 15 is 0 Å². The zero-order valence-electron chi connectivity index (χ0n) is 5.55. The topological polar surface area (TPSA) is 55.1 Å². The third-order valence-electron chi connectivity index (χ3n) is 1.71. The van der Waals surface area contributed by atoms with Crippen LogP contribution in [0.2, 0.25) is 0 Å². The minimum absolute atomic E-state index is 0.0787. The normalized spacial score (nSPS) is 21.4. The van der Waals surface area contributed by atoms with Crippen molar-refractivity contribution in [2.24, 2.45) is 11.7 Å². The second-order valence-electron chi connectivity index (χ2n) is 2.51. The molecule has 1 rings (SSSR count). The summed E-state index contributed by atoms with van der Waals surface area (Å²) in [6, 6.07) is -0.0787. The van der Waals surface area contributed by atoms with Gasteiger partial charge in [0.15, 0.2) is 0 Å². The van der Waals surface area contributed by atoms with Gasteiger partial charge in [-0.25, -0.2) is 0 Å². The highest BCUT2D eigenvalue weighted by molar-refractivity contribution is 5.80. The summed E-state index contributed by atoms with van der Waals surface area (Å²) >= 11 is 0. The molecule has 1 aliphatic rings. The van der Waals surface area contributed by atoms with Gasteiger partial charge in [-0.2, -0.15) is 0 Å². The molecule has 1 atom stereocenters. The highest BCUT2D eigenvalue weighted by atomic mass is 16.1. The molecule has 3 heteroatoms. The fourth-order valence-electron chi connectivity index (χ4n) is 1.04. The molecule has 0 saturated heterocycles. The minimum Gasteiger partial charge on any atom is -0.368 e. The van der Waals surface area contributed by atoms with E-state index in [4.69, 9.17) is 5.73 Å². The first kappa shape index (κ1) is 6.55. The van der Waals surface area contributed by atoms with Crippen molar-refractivity contribution in [1.82, 2.24) is 5.32 Å². The number of nitrogens with two attached hydrogens (primary N) is 1. The van der Waals surface area contributed by atoms with Crippen LogP contribution in [0.5, 0.6) is 0 Å². The zero-order valence-corrected chi connectivity index (χ0v) is 5.55. The molecule has 1 aliphatic carbocycles. The van der Waals surface area contributed by atoms with Gasteiger partial charge in [0.25, 0.3) is 0 Å². The molecule has 0 aromatic rings. The van der Waals surface area contributed by atoms with Gasteiger partial charge in [-0.05, 0) is 25.8 Å². The molecule has 9 heavy (non-hydrogen) atoms. The van der Waals surface area contributed by atoms with Crippen LogP contribution in [0.4, 0.5) is 0 Å². The first-order chi connectivity index (χ1) is 4.25. The molecule has 0 aromatic carbocycles. The summed E-state index contributed by atoms with van der Waals surface area (Å²) in [5.74, 6) is 0.299. The Morgan fingerprint density at radius 2 is 2.33 bits per heavy atom. The lowest BCUT2D eigenvalue weighted by Gasteiger charge is -2.08. The van der Waals surface area contributed by atoms with Gasteiger partial charge in [-0.1, -0.05) is 0 Å². The fraction of sp³-hybridized carbons (Fsp3) is 0.833. The molecule has 52 valence electrons. The van der Waals surface area contributed by atoms with Gasteiger partial charge in [-0.15, -0.1) is 0 Å². The molecule has 0 spiro atoms. The number of nitrogens with one attached hydrogen (secondary N) is 1. The summed E-state index contributed by atoms with van der Waals surface area (Å²) in [5, 5.41) is 2.89. The molecule has 0 aliphatic heterocycles. The van der Waals surface area contributed by atoms with Crippen molar-refractivity contribution < 1.29 is 4.79 Å². The third kappa shape index (κ3) is 1.42. The van der Waals surface area contributed by atoms with Crippen LogP contribution in [0.3, 0.4) is 0 Å². The smallest absolute Gasteiger partial charge is 0.234 e. The molecular formula is C6H12N2O. The third-order valence-corrected chi connectivity index (χ3v) is 1.71. The maximum atomic E-state index is 10.6. The van der Waals surface area contributed by atoms with Crippen LogP contribution in [0, 0.1) is 5.92 Å². The van der Waals surface area contributed by atoms with Crippen molar-refractivity contribution in [1.29, 1.82) is 0 Å². The Labute approximate surface area is 54.6 Å². The molecule has 0 aromatic heterocycles. The number of amides is 1. The lowest BCUT2D eigenvalue weighted by atomic mass is 10.2. The molecular weight excluding hydrogens is 116 g/mol. The molecule has 1 fully saturated rings. The van der Waals surface area contributed by atoms with Crippen molar-refractivity contribution >= 4 is 5.91 Å². The minimum atomic E-state index is -0.222. The highest BCUT2D eigenvalue weighted by Gasteiger charge is 2.33. The summed E-state index contributed by atoms with van der Waals surface area (Å²) in [6.45, 7) is 0. The maximum absolute atomic E-state index is 10.6. The largest absolute Gasteiger partial charge is 0.368 e. The molecule has 0 bridgehead atoms. The second kappa shape index (κ2) is 2.35. The number of carbonyl (C=O) groups excluding carboxylic acids is 1. The van der Waals surface area contributed by atoms with Crippen molar-refractivity contribution in [3.05, 3.63) is 0 Å². The van der Waals surface area contributed by atoms with E-state index in [0.717, 1.165) is 12.8 Å². The van der Waals surface area contributed by atoms with E-state index in [0.29, 0.717) is 5.92 Å². The van der Waals surface area contributed by atoms with Gasteiger partial charge < -0.3 is 11.1 Å². The van der Waals surface area contributed by atoms with Gasteiger partial charge in [0, 0.05) is 0 Å². The predicted octanol–water partition coefficient (Wildman–Crippen LogP) is -0.530. The summed E-state index contributed by atoms with van der Waals surface area (Å²) in [7, 11) is 1.77. The summed E-state index contributed by atoms with van der Waals surface area (Å²) < 4.78 is 0. The van der Waals surface area contributed by atoms with Crippen LogP contribution in [0.15, 0.2) is 0 Å². The fourth-order valence-corrected chi connectivity index (χ4v) is 1.04. The molecule has 1 saturated carbocycles. The van der Waals surface area contributed by atoms with E-state index in [-0.39, 0.29) is 11.9 Å². The highest BCUT2D eigenvalue weighted by Crippen LogP contribution is 2.32. The number of carbonyl (C=O) groups is 1. The SMILES string of the molecule is CNC(C(N)=O)C1CC1. The van der Waals surface area contributed by atoms with Crippen molar-refractivity contribution in [2.45, 2.75) is 18.9 Å². The van der Waals surface area contributed by atoms with Crippen molar-refractivity contribution in [3.8, 4) is 0 Å². The van der Waals surface area contributed by atoms with Crippen LogP contribution < -0.4 is 11.1 Å². The van der Waals surface area contributed by atoms with Crippen LogP contribution >= 0.6 is 0 Å². The molecule has 1 amide bonds. The first-order valence-electron chi connectivity index (χ1n) is 3.22. The molecule has 0 heterocycles. The Morgan fingerprint density at radius 1 is 1.78 bits per heavy atom. The lowest BCUT2D eigenvalue weighted by Crippen LogP contribution is -2.40. The Kier molecular flexibility index (Phi) is 1.71. The number of hydrogen-bond donors (Lipinski definition) is 2. The Balaban J connectivity index is 2.37. The predicted molar refractivity (Wildman–Crippen MR) is 34.8 cm³/mol. The van der Waals surface area contributed by atoms with Crippen LogP contribution in [-0.2, 0) is 4.79 Å². The van der Waals surface area contributed by atoms with Crippen LogP contribution in [0.1, 0.15) is 12.8 Å². The van der Waals surface area contributed by atoms with Gasteiger partial charge >= 0.3 is 0 Å². The Bertz CT molecular complexity index is 120. The van der Waals surface area contributed by atoms with Crippen molar-refractivity contribution in [3.63, 3.8) is 0 Å². The van der Waals surface area contributed by atoms with Gasteiger partial charge in [-0.3, -0.25) is 4.79 Å². The van der Waals surface area contributed by atoms with Crippen molar-refractivity contribution in [2.75, 3.05) is 7.05 Å². The maximum Gasteiger partial charge on any atom is 0.234 e. The zero-order chi connectivity index (χ0) is 6.85. The summed E-state index contributed by atoms with van der Waals surface area (Å²) in [4.78, 5) is 10.6. The van der Waals surface area contributed by atoms with E-state index in [1.807, 2.05) is 0 Å². The quantitative estimate of drug-likeness (QED) is 0.537. The van der Waals surface area contributed by atoms with Crippen LogP contribution in [-0.4, -0.2) is 19.0 Å². The molecule has 3 nitrogen and oxygen atoms in total. The van der Waals surface area contributed by atoms with E-state index in [1.165, 1.54) is 0 Å². The number of rotatable bonds is 3. The molecule has 1 unspecified atom stereocenters. The summed E-state index contributed by atoms with van der Waals surface area (Å²) in [5.41, 5.74) is 5.09. The van der Waals surface area contributed by atoms with Gasteiger partial charge in [0.2, 0.25) is 5.91 Å². The summed E-state index contributed by atoms with van der Waals surface area (Å²) in [6.07, 6.45) is 2.29. The average molecular weight is 128 g/mol. The number of hydrogen-bond acceptors (Lipinski definition) is 2. The van der Waals surface area contributed by atoms with E-state index in [1.54, 1.807) is 7.05 Å². The average Bonchev–Trinajstić information content (AvgIpc) is 2.50.